The molecule has 14 heteroatoms. The lowest BCUT2D eigenvalue weighted by Gasteiger charge is -2.29. The minimum Gasteiger partial charge on any atom is -0.451 e. The summed E-state index contributed by atoms with van der Waals surface area (Å²) in [5.74, 6) is -1.06. The van der Waals surface area contributed by atoms with Gasteiger partial charge in [-0.2, -0.15) is 19.2 Å². The summed E-state index contributed by atoms with van der Waals surface area (Å²) in [4.78, 5) is 81.6. The summed E-state index contributed by atoms with van der Waals surface area (Å²) in [6.45, 7) is 9.51. The third kappa shape index (κ3) is 14.0. The maximum atomic E-state index is 12.9. The number of hydrogen-bond acceptors (Lipinski definition) is 10. The average Bonchev–Trinajstić information content (AvgIpc) is 3.51. The van der Waals surface area contributed by atoms with Crippen LogP contribution in [0.1, 0.15) is 92.7 Å². The van der Waals surface area contributed by atoms with Crippen molar-refractivity contribution in [2.45, 2.75) is 85.2 Å². The third-order valence-corrected chi connectivity index (χ3v) is 6.87. The highest BCUT2D eigenvalue weighted by atomic mass is 16.5. The molecule has 45 heavy (non-hydrogen) atoms. The van der Waals surface area contributed by atoms with Crippen molar-refractivity contribution in [2.24, 2.45) is 5.92 Å². The first-order valence-corrected chi connectivity index (χ1v) is 14.5. The fourth-order valence-corrected chi connectivity index (χ4v) is 4.37. The Hall–Kier alpha value is -4.90. The van der Waals surface area contributed by atoms with Crippen molar-refractivity contribution in [1.82, 2.24) is 21.0 Å². The molecule has 0 saturated carbocycles. The van der Waals surface area contributed by atoms with Gasteiger partial charge in [0, 0.05) is 17.2 Å². The molecule has 14 nitrogen and oxygen atoms in total. The van der Waals surface area contributed by atoms with Crippen LogP contribution >= 0.6 is 0 Å². The van der Waals surface area contributed by atoms with Gasteiger partial charge in [0.1, 0.15) is 5.76 Å². The van der Waals surface area contributed by atoms with E-state index in [1.165, 1.54) is 0 Å². The molecule has 4 N–H and O–H groups in total. The van der Waals surface area contributed by atoms with Gasteiger partial charge in [0.25, 0.3) is 11.8 Å². The van der Waals surface area contributed by atoms with Crippen molar-refractivity contribution >= 4 is 36.4 Å². The molecule has 2 rings (SSSR count). The van der Waals surface area contributed by atoms with E-state index >= 15 is 0 Å². The predicted molar refractivity (Wildman–Crippen MR) is 158 cm³/mol. The summed E-state index contributed by atoms with van der Waals surface area (Å²) in [7, 11) is 0. The second-order valence-corrected chi connectivity index (χ2v) is 9.93. The van der Waals surface area contributed by atoms with Gasteiger partial charge in [0.05, 0.1) is 18.6 Å². The van der Waals surface area contributed by atoms with Gasteiger partial charge in [-0.05, 0) is 62.9 Å². The van der Waals surface area contributed by atoms with Crippen molar-refractivity contribution < 1.29 is 48.0 Å². The molecule has 1 aromatic carbocycles. The molecule has 2 aromatic rings. The Morgan fingerprint density at radius 2 is 1.60 bits per heavy atom. The lowest BCUT2D eigenvalue weighted by Crippen LogP contribution is -2.47. The van der Waals surface area contributed by atoms with Gasteiger partial charge in [-0.3, -0.25) is 24.4 Å². The van der Waals surface area contributed by atoms with E-state index in [-0.39, 0.29) is 42.6 Å². The van der Waals surface area contributed by atoms with Gasteiger partial charge in [-0.1, -0.05) is 46.1 Å². The van der Waals surface area contributed by atoms with Crippen LogP contribution in [0.5, 0.6) is 0 Å². The van der Waals surface area contributed by atoms with Crippen LogP contribution in [-0.2, 0) is 28.8 Å². The zero-order valence-corrected chi connectivity index (χ0v) is 26.2. The first-order valence-electron chi connectivity index (χ1n) is 14.5. The monoisotopic (exact) mass is 630 g/mol. The minimum atomic E-state index is -0.654. The quantitative estimate of drug-likeness (QED) is 0.0699. The van der Waals surface area contributed by atoms with Gasteiger partial charge in [-0.15, -0.1) is 0 Å². The number of nitrogens with zero attached hydrogens (tertiary/aromatic N) is 1. The van der Waals surface area contributed by atoms with Gasteiger partial charge in [0.2, 0.25) is 12.3 Å². The number of furan rings is 1. The van der Waals surface area contributed by atoms with Crippen LogP contribution in [0.15, 0.2) is 34.7 Å². The maximum Gasteiger partial charge on any atom is 0.373 e. The fourth-order valence-electron chi connectivity index (χ4n) is 4.37. The largest absolute Gasteiger partial charge is 0.451 e. The number of aryl methyl sites for hydroxylation is 1. The van der Waals surface area contributed by atoms with E-state index in [0.717, 1.165) is 36.8 Å². The van der Waals surface area contributed by atoms with E-state index in [1.54, 1.807) is 31.2 Å². The minimum absolute atomic E-state index is 0.0731. The highest BCUT2D eigenvalue weighted by Gasteiger charge is 2.30. The first kappa shape index (κ1) is 40.1. The van der Waals surface area contributed by atoms with Crippen molar-refractivity contribution in [3.05, 3.63) is 47.2 Å². The Bertz CT molecular complexity index is 1290. The van der Waals surface area contributed by atoms with E-state index in [4.69, 9.17) is 23.6 Å². The highest BCUT2D eigenvalue weighted by Crippen LogP contribution is 2.25. The Morgan fingerprint density at radius 3 is 2.13 bits per heavy atom. The van der Waals surface area contributed by atoms with E-state index in [0.29, 0.717) is 35.6 Å². The van der Waals surface area contributed by atoms with Gasteiger partial charge in [0.15, 0.2) is 5.76 Å². The zero-order valence-electron chi connectivity index (χ0n) is 26.2. The third-order valence-electron chi connectivity index (χ3n) is 6.87. The van der Waals surface area contributed by atoms with Crippen LogP contribution in [0, 0.1) is 12.8 Å². The predicted octanol–water partition coefficient (Wildman–Crippen LogP) is 3.24. The van der Waals surface area contributed by atoms with Crippen LogP contribution in [0.4, 0.5) is 0 Å². The normalized spacial score (nSPS) is 11.8. The van der Waals surface area contributed by atoms with Gasteiger partial charge < -0.3 is 20.4 Å². The standard InChI is InChI=1S/C29H42N4O6.2CO2/c1-6-9-10-11-23(24(8-3)33(38)18-34)27(35)30-17-31-29(37)26-15-14-25(39-26)21-12-13-22(19(4)16-21)28(36)32-20(5)7-2;2*2-1-3/h12-16,18,20,23-24,38H,6-11,17H2,1-5H3,(H,30,35)(H,31,37)(H,32,36);;/t20-,23-,24-;;/m1../s1. The molecule has 0 aliphatic heterocycles. The van der Waals surface area contributed by atoms with Crippen LogP contribution in [-0.4, -0.2) is 65.5 Å². The number of hydroxylamine groups is 2. The fraction of sp³-hybridized carbons (Fsp3) is 0.484. The molecule has 4 amide bonds. The second kappa shape index (κ2) is 22.6. The molecule has 0 saturated heterocycles. The number of benzene rings is 1. The summed E-state index contributed by atoms with van der Waals surface area (Å²) < 4.78 is 5.74. The van der Waals surface area contributed by atoms with Gasteiger partial charge >= 0.3 is 12.3 Å². The van der Waals surface area contributed by atoms with Crippen LogP contribution < -0.4 is 16.0 Å². The number of carbonyl (C=O) groups is 4. The number of amides is 4. The summed E-state index contributed by atoms with van der Waals surface area (Å²) in [5, 5.41) is 18.7. The Balaban J connectivity index is 0.00000298. The molecule has 0 bridgehead atoms. The molecule has 0 fully saturated rings. The smallest absolute Gasteiger partial charge is 0.373 e. The zero-order chi connectivity index (χ0) is 34.4. The summed E-state index contributed by atoms with van der Waals surface area (Å²) in [6.07, 6.45) is 5.24. The van der Waals surface area contributed by atoms with Crippen LogP contribution in [0.3, 0.4) is 0 Å². The number of rotatable bonds is 16. The van der Waals surface area contributed by atoms with Crippen molar-refractivity contribution in [3.8, 4) is 11.3 Å². The SMILES string of the molecule is CCCCC[C@@H](C(=O)NCNC(=O)c1ccc(-c2ccc(C(=O)N[C@H](C)CC)c(C)c2)o1)[C@@H](CC)N(O)C=O.O=C=O.O=C=O. The van der Waals surface area contributed by atoms with Gasteiger partial charge in [-0.25, -0.2) is 5.06 Å². The molecule has 0 unspecified atom stereocenters. The molecular formula is C31H42N4O10. The molecule has 0 spiro atoms. The Labute approximate surface area is 261 Å². The first-order chi connectivity index (χ1) is 21.5. The molecule has 0 aliphatic carbocycles. The topological polar surface area (TPSA) is 209 Å². The number of carbonyl (C=O) groups excluding carboxylic acids is 8. The summed E-state index contributed by atoms with van der Waals surface area (Å²) in [5.41, 5.74) is 2.09. The molecule has 0 aliphatic rings. The summed E-state index contributed by atoms with van der Waals surface area (Å²) in [6, 6.07) is 7.97. The van der Waals surface area contributed by atoms with Crippen molar-refractivity contribution in [3.63, 3.8) is 0 Å². The molecule has 246 valence electrons. The van der Waals surface area contributed by atoms with Crippen LogP contribution in [0.2, 0.25) is 0 Å². The molecule has 1 aromatic heterocycles. The second-order valence-electron chi connectivity index (χ2n) is 9.93. The Kier molecular flexibility index (Phi) is 20.2. The maximum absolute atomic E-state index is 12.9. The van der Waals surface area contributed by atoms with E-state index in [2.05, 4.69) is 22.9 Å². The molecule has 1 heterocycles. The lowest BCUT2D eigenvalue weighted by atomic mass is 9.90. The van der Waals surface area contributed by atoms with E-state index in [9.17, 15) is 24.4 Å². The number of nitrogens with one attached hydrogen (secondary N) is 3. The summed E-state index contributed by atoms with van der Waals surface area (Å²) >= 11 is 0. The van der Waals surface area contributed by atoms with Crippen LogP contribution in [0.25, 0.3) is 11.3 Å². The molecule has 3 atom stereocenters. The molecule has 0 radical (unpaired) electrons. The number of hydrogen-bond donors (Lipinski definition) is 4. The number of unbranched alkanes of at least 4 members (excludes halogenated alkanes) is 2. The molecular weight excluding hydrogens is 588 g/mol. The average molecular weight is 631 g/mol. The van der Waals surface area contributed by atoms with E-state index in [1.807, 2.05) is 26.8 Å². The van der Waals surface area contributed by atoms with E-state index < -0.39 is 17.9 Å². The highest BCUT2D eigenvalue weighted by molar-refractivity contribution is 5.96. The van der Waals surface area contributed by atoms with Crippen molar-refractivity contribution in [2.75, 3.05) is 6.67 Å². The Morgan fingerprint density at radius 1 is 0.956 bits per heavy atom. The van der Waals surface area contributed by atoms with Crippen molar-refractivity contribution in [1.29, 1.82) is 0 Å². The lowest BCUT2D eigenvalue weighted by molar-refractivity contribution is -0.193.